The fourth-order valence-electron chi connectivity index (χ4n) is 2.95. The highest BCUT2D eigenvalue weighted by Crippen LogP contribution is 2.23. The number of aromatic nitrogens is 1. The number of primary amides is 1. The number of methoxy groups -OCH3 is 1. The van der Waals surface area contributed by atoms with E-state index in [1.165, 1.54) is 31.5 Å². The highest BCUT2D eigenvalue weighted by Gasteiger charge is 2.22. The third-order valence-corrected chi connectivity index (χ3v) is 5.78. The number of amides is 2. The van der Waals surface area contributed by atoms with Gasteiger partial charge in [0.2, 0.25) is 15.9 Å². The quantitative estimate of drug-likeness (QED) is 0.701. The van der Waals surface area contributed by atoms with E-state index in [0.29, 0.717) is 24.2 Å². The number of hydrogen-bond donors (Lipinski definition) is 2. The molecule has 1 aromatic heterocycles. The van der Waals surface area contributed by atoms with E-state index in [4.69, 9.17) is 10.5 Å². The van der Waals surface area contributed by atoms with Crippen LogP contribution in [0.1, 0.15) is 28.8 Å². The zero-order valence-electron chi connectivity index (χ0n) is 15.2. The van der Waals surface area contributed by atoms with E-state index < -0.39 is 15.9 Å². The predicted octanol–water partition coefficient (Wildman–Crippen LogP) is 0.794. The Morgan fingerprint density at radius 3 is 2.75 bits per heavy atom. The van der Waals surface area contributed by atoms with Gasteiger partial charge < -0.3 is 15.4 Å². The van der Waals surface area contributed by atoms with Crippen molar-refractivity contribution >= 4 is 27.5 Å². The van der Waals surface area contributed by atoms with Gasteiger partial charge in [0.05, 0.1) is 29.5 Å². The number of anilines is 1. The van der Waals surface area contributed by atoms with Crippen molar-refractivity contribution in [2.24, 2.45) is 5.73 Å². The molecule has 0 unspecified atom stereocenters. The number of carbonyl (C=O) groups excluding carboxylic acids is 2. The minimum absolute atomic E-state index is 0.0247. The number of ether oxygens (including phenoxy) is 1. The van der Waals surface area contributed by atoms with E-state index in [1.54, 1.807) is 17.2 Å². The van der Waals surface area contributed by atoms with Crippen LogP contribution in [0.5, 0.6) is 5.75 Å². The van der Waals surface area contributed by atoms with Crippen LogP contribution in [0.15, 0.2) is 41.6 Å². The fourth-order valence-corrected chi connectivity index (χ4v) is 3.99. The number of carbonyl (C=O) groups is 2. The number of hydrogen-bond acceptors (Lipinski definition) is 6. The number of nitrogens with two attached hydrogens (primary N) is 1. The van der Waals surface area contributed by atoms with Crippen LogP contribution in [0.2, 0.25) is 0 Å². The molecule has 1 aromatic carbocycles. The van der Waals surface area contributed by atoms with E-state index in [-0.39, 0.29) is 28.7 Å². The molecule has 1 aliphatic rings. The van der Waals surface area contributed by atoms with E-state index in [2.05, 4.69) is 9.71 Å². The van der Waals surface area contributed by atoms with Gasteiger partial charge in [0.25, 0.3) is 5.91 Å². The molecule has 0 spiro atoms. The van der Waals surface area contributed by atoms with Crippen molar-refractivity contribution in [2.75, 3.05) is 18.6 Å². The van der Waals surface area contributed by atoms with Gasteiger partial charge in [-0.05, 0) is 36.2 Å². The van der Waals surface area contributed by atoms with Crippen molar-refractivity contribution in [1.29, 1.82) is 0 Å². The summed E-state index contributed by atoms with van der Waals surface area (Å²) < 4.78 is 32.6. The number of benzene rings is 1. The van der Waals surface area contributed by atoms with Crippen LogP contribution in [-0.4, -0.2) is 38.9 Å². The highest BCUT2D eigenvalue weighted by molar-refractivity contribution is 7.89. The first-order chi connectivity index (χ1) is 13.3. The summed E-state index contributed by atoms with van der Waals surface area (Å²) in [4.78, 5) is 29.0. The van der Waals surface area contributed by atoms with Crippen LogP contribution in [0.3, 0.4) is 0 Å². The van der Waals surface area contributed by atoms with Crippen molar-refractivity contribution < 1.29 is 22.7 Å². The molecule has 0 bridgehead atoms. The van der Waals surface area contributed by atoms with Crippen molar-refractivity contribution in [1.82, 2.24) is 9.71 Å². The minimum Gasteiger partial charge on any atom is -0.496 e. The molecule has 9 nitrogen and oxygen atoms in total. The molecule has 2 amide bonds. The maximum atomic E-state index is 12.6. The predicted molar refractivity (Wildman–Crippen MR) is 101 cm³/mol. The van der Waals surface area contributed by atoms with Crippen LogP contribution in [-0.2, 0) is 21.4 Å². The summed E-state index contributed by atoms with van der Waals surface area (Å²) in [6, 6.07) is 5.59. The van der Waals surface area contributed by atoms with Crippen LogP contribution < -0.4 is 20.1 Å². The van der Waals surface area contributed by atoms with Gasteiger partial charge in [-0.3, -0.25) is 14.6 Å². The first-order valence-electron chi connectivity index (χ1n) is 8.53. The molecular weight excluding hydrogens is 384 g/mol. The van der Waals surface area contributed by atoms with E-state index in [0.717, 1.165) is 6.42 Å². The summed E-state index contributed by atoms with van der Waals surface area (Å²) in [5.74, 6) is -0.573. The summed E-state index contributed by atoms with van der Waals surface area (Å²) in [6.07, 6.45) is 4.38. The third-order valence-electron chi connectivity index (χ3n) is 4.38. The minimum atomic E-state index is -3.90. The second kappa shape index (κ2) is 7.95. The van der Waals surface area contributed by atoms with Crippen molar-refractivity contribution in [3.05, 3.63) is 47.8 Å². The summed E-state index contributed by atoms with van der Waals surface area (Å²) in [7, 11) is -2.54. The molecule has 10 heteroatoms. The molecule has 0 atom stereocenters. The molecule has 3 rings (SSSR count). The van der Waals surface area contributed by atoms with E-state index >= 15 is 0 Å². The zero-order chi connectivity index (χ0) is 20.3. The van der Waals surface area contributed by atoms with Gasteiger partial charge in [0.15, 0.2) is 0 Å². The third kappa shape index (κ3) is 4.12. The summed E-state index contributed by atoms with van der Waals surface area (Å²) >= 11 is 0. The molecule has 1 aliphatic heterocycles. The average molecular weight is 404 g/mol. The molecular formula is C18H20N4O5S. The Morgan fingerprint density at radius 1 is 1.32 bits per heavy atom. The first-order valence-corrected chi connectivity index (χ1v) is 10.0. The molecule has 2 aromatic rings. The van der Waals surface area contributed by atoms with E-state index in [1.807, 2.05) is 0 Å². The van der Waals surface area contributed by atoms with Gasteiger partial charge in [-0.25, -0.2) is 13.1 Å². The zero-order valence-corrected chi connectivity index (χ0v) is 16.0. The highest BCUT2D eigenvalue weighted by atomic mass is 32.2. The van der Waals surface area contributed by atoms with Crippen molar-refractivity contribution in [3.63, 3.8) is 0 Å². The first kappa shape index (κ1) is 19.8. The second-order valence-corrected chi connectivity index (χ2v) is 8.02. The lowest BCUT2D eigenvalue weighted by atomic mass is 10.2. The Kier molecular flexibility index (Phi) is 5.61. The Hall–Kier alpha value is -2.98. The van der Waals surface area contributed by atoms with Crippen molar-refractivity contribution in [3.8, 4) is 5.75 Å². The van der Waals surface area contributed by atoms with E-state index in [9.17, 15) is 18.0 Å². The smallest absolute Gasteiger partial charge is 0.252 e. The Labute approximate surface area is 162 Å². The average Bonchev–Trinajstić information content (AvgIpc) is 3.12. The molecule has 0 aliphatic carbocycles. The number of nitrogens with zero attached hydrogens (tertiary/aromatic N) is 2. The van der Waals surface area contributed by atoms with Gasteiger partial charge >= 0.3 is 0 Å². The van der Waals surface area contributed by atoms with Crippen molar-refractivity contribution in [2.45, 2.75) is 24.3 Å². The number of nitrogens with one attached hydrogen (secondary N) is 1. The topological polar surface area (TPSA) is 132 Å². The summed E-state index contributed by atoms with van der Waals surface area (Å²) in [5, 5.41) is 0. The molecule has 2 heterocycles. The monoisotopic (exact) mass is 404 g/mol. The van der Waals surface area contributed by atoms with Crippen LogP contribution in [0.25, 0.3) is 0 Å². The summed E-state index contributed by atoms with van der Waals surface area (Å²) in [5.41, 5.74) is 6.49. The van der Waals surface area contributed by atoms with Gasteiger partial charge in [-0.2, -0.15) is 0 Å². The maximum Gasteiger partial charge on any atom is 0.252 e. The Bertz CT molecular complexity index is 1020. The van der Waals surface area contributed by atoms with Crippen LogP contribution in [0.4, 0.5) is 5.69 Å². The molecule has 0 saturated carbocycles. The van der Waals surface area contributed by atoms with Crippen LogP contribution in [0, 0.1) is 0 Å². The van der Waals surface area contributed by atoms with Crippen LogP contribution >= 0.6 is 0 Å². The number of sulfonamides is 1. The molecule has 28 heavy (non-hydrogen) atoms. The SMILES string of the molecule is COc1ccc(S(=O)(=O)NCc2cncc(N3CCCC3=O)c2)cc1C(N)=O. The molecule has 1 saturated heterocycles. The number of rotatable bonds is 7. The number of pyridine rings is 1. The Morgan fingerprint density at radius 2 is 2.11 bits per heavy atom. The molecule has 3 N–H and O–H groups in total. The standard InChI is InChI=1S/C18H20N4O5S/c1-27-16-5-4-14(8-15(16)18(19)24)28(25,26)21-10-12-7-13(11-20-9-12)22-6-2-3-17(22)23/h4-5,7-9,11,21H,2-3,6,10H2,1H3,(H2,19,24). The van der Waals surface area contributed by atoms with Gasteiger partial charge in [0, 0.05) is 25.7 Å². The maximum absolute atomic E-state index is 12.6. The normalized spacial score (nSPS) is 14.3. The second-order valence-electron chi connectivity index (χ2n) is 6.25. The van der Waals surface area contributed by atoms with Gasteiger partial charge in [-0.15, -0.1) is 0 Å². The molecule has 0 radical (unpaired) electrons. The molecule has 1 fully saturated rings. The van der Waals surface area contributed by atoms with Gasteiger partial charge in [-0.1, -0.05) is 0 Å². The largest absolute Gasteiger partial charge is 0.496 e. The van der Waals surface area contributed by atoms with Gasteiger partial charge in [0.1, 0.15) is 5.75 Å². The molecule has 148 valence electrons. The Balaban J connectivity index is 1.78. The lowest BCUT2D eigenvalue weighted by molar-refractivity contribution is -0.117. The fraction of sp³-hybridized carbons (Fsp3) is 0.278. The summed E-state index contributed by atoms with van der Waals surface area (Å²) in [6.45, 7) is 0.598. The lowest BCUT2D eigenvalue weighted by Gasteiger charge is -2.16. The lowest BCUT2D eigenvalue weighted by Crippen LogP contribution is -2.25.